The van der Waals surface area contributed by atoms with Gasteiger partial charge < -0.3 is 21.1 Å². The van der Waals surface area contributed by atoms with Crippen LogP contribution in [0.1, 0.15) is 6.42 Å². The number of carbonyl (C=O) groups is 1. The number of rotatable bonds is 8. The zero-order valence-corrected chi connectivity index (χ0v) is 12.4. The summed E-state index contributed by atoms with van der Waals surface area (Å²) in [6.07, 6.45) is 0.928. The van der Waals surface area contributed by atoms with E-state index in [1.807, 2.05) is 54.6 Å². The smallest absolute Gasteiger partial charge is 0.262 e. The maximum Gasteiger partial charge on any atom is 0.262 e. The van der Waals surface area contributed by atoms with Crippen molar-refractivity contribution in [1.29, 1.82) is 0 Å². The van der Waals surface area contributed by atoms with Gasteiger partial charge >= 0.3 is 0 Å². The fraction of sp³-hybridized carbons (Fsp3) is 0.235. The van der Waals surface area contributed by atoms with Gasteiger partial charge in [-0.25, -0.2) is 0 Å². The van der Waals surface area contributed by atoms with E-state index in [-0.39, 0.29) is 12.5 Å². The number of para-hydroxylation sites is 1. The zero-order valence-electron chi connectivity index (χ0n) is 12.4. The molecule has 0 saturated carbocycles. The first-order chi connectivity index (χ1) is 10.8. The van der Waals surface area contributed by atoms with E-state index in [1.54, 1.807) is 0 Å². The molecule has 0 unspecified atom stereocenters. The SMILES string of the molecule is NCCCNc1ccc(OCC(=O)Nc2ccccc2)cc1. The minimum absolute atomic E-state index is 0.0190. The fourth-order valence-electron chi connectivity index (χ4n) is 1.87. The first-order valence-corrected chi connectivity index (χ1v) is 7.29. The maximum atomic E-state index is 11.8. The van der Waals surface area contributed by atoms with Crippen LogP contribution < -0.4 is 21.1 Å². The van der Waals surface area contributed by atoms with Crippen molar-refractivity contribution in [2.24, 2.45) is 5.73 Å². The molecule has 0 radical (unpaired) electrons. The van der Waals surface area contributed by atoms with Crippen LogP contribution in [0.2, 0.25) is 0 Å². The molecule has 0 bridgehead atoms. The van der Waals surface area contributed by atoms with Crippen LogP contribution in [0.3, 0.4) is 0 Å². The molecule has 0 aromatic heterocycles. The highest BCUT2D eigenvalue weighted by Crippen LogP contribution is 2.15. The Balaban J connectivity index is 1.75. The molecule has 22 heavy (non-hydrogen) atoms. The van der Waals surface area contributed by atoms with Crippen molar-refractivity contribution >= 4 is 17.3 Å². The number of ether oxygens (including phenoxy) is 1. The molecule has 116 valence electrons. The van der Waals surface area contributed by atoms with E-state index in [9.17, 15) is 4.79 Å². The molecule has 2 aromatic rings. The Kier molecular flexibility index (Phi) is 6.26. The van der Waals surface area contributed by atoms with Gasteiger partial charge in [0, 0.05) is 17.9 Å². The summed E-state index contributed by atoms with van der Waals surface area (Å²) in [4.78, 5) is 11.8. The Bertz CT molecular complexity index is 570. The first-order valence-electron chi connectivity index (χ1n) is 7.29. The topological polar surface area (TPSA) is 76.4 Å². The summed E-state index contributed by atoms with van der Waals surface area (Å²) < 4.78 is 5.46. The third kappa shape index (κ3) is 5.46. The van der Waals surface area contributed by atoms with Crippen molar-refractivity contribution in [3.8, 4) is 5.75 Å². The summed E-state index contributed by atoms with van der Waals surface area (Å²) in [5.41, 5.74) is 7.21. The Hall–Kier alpha value is -2.53. The van der Waals surface area contributed by atoms with E-state index in [0.717, 1.165) is 24.3 Å². The van der Waals surface area contributed by atoms with E-state index in [4.69, 9.17) is 10.5 Å². The Labute approximate surface area is 130 Å². The molecule has 0 aliphatic carbocycles. The third-order valence-corrected chi connectivity index (χ3v) is 2.99. The molecule has 0 spiro atoms. The van der Waals surface area contributed by atoms with Crippen molar-refractivity contribution in [2.75, 3.05) is 30.3 Å². The van der Waals surface area contributed by atoms with Crippen molar-refractivity contribution < 1.29 is 9.53 Å². The highest BCUT2D eigenvalue weighted by molar-refractivity contribution is 5.91. The number of hydrogen-bond acceptors (Lipinski definition) is 4. The number of amides is 1. The lowest BCUT2D eigenvalue weighted by atomic mass is 10.3. The molecule has 0 aliphatic rings. The fourth-order valence-corrected chi connectivity index (χ4v) is 1.87. The van der Waals surface area contributed by atoms with E-state index in [1.165, 1.54) is 0 Å². The lowest BCUT2D eigenvalue weighted by Crippen LogP contribution is -2.20. The number of benzene rings is 2. The van der Waals surface area contributed by atoms with Gasteiger partial charge in [0.1, 0.15) is 5.75 Å². The molecule has 0 heterocycles. The Morgan fingerprint density at radius 3 is 2.41 bits per heavy atom. The van der Waals surface area contributed by atoms with Crippen LogP contribution in [-0.4, -0.2) is 25.6 Å². The monoisotopic (exact) mass is 299 g/mol. The van der Waals surface area contributed by atoms with Gasteiger partial charge in [0.05, 0.1) is 0 Å². The Morgan fingerprint density at radius 2 is 1.73 bits per heavy atom. The second-order valence-electron chi connectivity index (χ2n) is 4.80. The number of nitrogens with two attached hydrogens (primary N) is 1. The summed E-state index contributed by atoms with van der Waals surface area (Å²) >= 11 is 0. The standard InChI is InChI=1S/C17H21N3O2/c18-11-4-12-19-14-7-9-16(10-8-14)22-13-17(21)20-15-5-2-1-3-6-15/h1-3,5-10,19H,4,11-13,18H2,(H,20,21). The van der Waals surface area contributed by atoms with Crippen molar-refractivity contribution in [1.82, 2.24) is 0 Å². The zero-order chi connectivity index (χ0) is 15.6. The van der Waals surface area contributed by atoms with Gasteiger partial charge in [0.25, 0.3) is 5.91 Å². The highest BCUT2D eigenvalue weighted by Gasteiger charge is 2.03. The van der Waals surface area contributed by atoms with Gasteiger partial charge in [-0.3, -0.25) is 4.79 Å². The summed E-state index contributed by atoms with van der Waals surface area (Å²) in [5.74, 6) is 0.476. The first kappa shape index (κ1) is 15.9. The second-order valence-corrected chi connectivity index (χ2v) is 4.80. The molecule has 0 atom stereocenters. The number of nitrogens with one attached hydrogen (secondary N) is 2. The molecule has 5 nitrogen and oxygen atoms in total. The van der Waals surface area contributed by atoms with Gasteiger partial charge in [-0.15, -0.1) is 0 Å². The normalized spacial score (nSPS) is 10.0. The Morgan fingerprint density at radius 1 is 1.00 bits per heavy atom. The van der Waals surface area contributed by atoms with Gasteiger partial charge in [-0.2, -0.15) is 0 Å². The number of carbonyl (C=O) groups excluding carboxylic acids is 1. The third-order valence-electron chi connectivity index (χ3n) is 2.99. The van der Waals surface area contributed by atoms with Crippen molar-refractivity contribution in [2.45, 2.75) is 6.42 Å². The largest absolute Gasteiger partial charge is 0.484 e. The quantitative estimate of drug-likeness (QED) is 0.654. The van der Waals surface area contributed by atoms with Crippen molar-refractivity contribution in [3.05, 3.63) is 54.6 Å². The molecular formula is C17H21N3O2. The molecule has 0 fully saturated rings. The summed E-state index contributed by atoms with van der Waals surface area (Å²) in [5, 5.41) is 6.03. The predicted molar refractivity (Wildman–Crippen MR) is 89.2 cm³/mol. The van der Waals surface area contributed by atoms with E-state index >= 15 is 0 Å². The number of hydrogen-bond donors (Lipinski definition) is 3. The van der Waals surface area contributed by atoms with E-state index < -0.39 is 0 Å². The lowest BCUT2D eigenvalue weighted by molar-refractivity contribution is -0.118. The summed E-state index contributed by atoms with van der Waals surface area (Å²) in [7, 11) is 0. The molecule has 4 N–H and O–H groups in total. The summed E-state index contributed by atoms with van der Waals surface area (Å²) in [6, 6.07) is 16.8. The number of anilines is 2. The van der Waals surface area contributed by atoms with Crippen LogP contribution in [0.15, 0.2) is 54.6 Å². The molecule has 2 rings (SSSR count). The average molecular weight is 299 g/mol. The van der Waals surface area contributed by atoms with Gasteiger partial charge in [-0.05, 0) is 49.4 Å². The van der Waals surface area contributed by atoms with Crippen LogP contribution in [0.25, 0.3) is 0 Å². The summed E-state index contributed by atoms with van der Waals surface area (Å²) in [6.45, 7) is 1.50. The average Bonchev–Trinajstić information content (AvgIpc) is 2.55. The minimum Gasteiger partial charge on any atom is -0.484 e. The predicted octanol–water partition coefficient (Wildman–Crippen LogP) is 2.46. The molecule has 0 saturated heterocycles. The van der Waals surface area contributed by atoms with Gasteiger partial charge in [-0.1, -0.05) is 18.2 Å². The van der Waals surface area contributed by atoms with Gasteiger partial charge in [0.15, 0.2) is 6.61 Å². The molecule has 2 aromatic carbocycles. The van der Waals surface area contributed by atoms with Crippen LogP contribution >= 0.6 is 0 Å². The highest BCUT2D eigenvalue weighted by atomic mass is 16.5. The molecular weight excluding hydrogens is 278 g/mol. The van der Waals surface area contributed by atoms with E-state index in [2.05, 4.69) is 10.6 Å². The van der Waals surface area contributed by atoms with Crippen LogP contribution in [0, 0.1) is 0 Å². The second kappa shape index (κ2) is 8.69. The van der Waals surface area contributed by atoms with Crippen LogP contribution in [0.5, 0.6) is 5.75 Å². The van der Waals surface area contributed by atoms with E-state index in [0.29, 0.717) is 12.3 Å². The van der Waals surface area contributed by atoms with Gasteiger partial charge in [0.2, 0.25) is 0 Å². The van der Waals surface area contributed by atoms with Crippen LogP contribution in [-0.2, 0) is 4.79 Å². The molecule has 1 amide bonds. The minimum atomic E-state index is -0.184. The van der Waals surface area contributed by atoms with Crippen molar-refractivity contribution in [3.63, 3.8) is 0 Å². The maximum absolute atomic E-state index is 11.8. The van der Waals surface area contributed by atoms with Crippen LogP contribution in [0.4, 0.5) is 11.4 Å². The molecule has 5 heteroatoms. The molecule has 0 aliphatic heterocycles. The lowest BCUT2D eigenvalue weighted by Gasteiger charge is -2.09.